The van der Waals surface area contributed by atoms with Crippen LogP contribution in [0.3, 0.4) is 0 Å². The molecule has 0 radical (unpaired) electrons. The number of nitrogens with two attached hydrogens (primary N) is 1. The minimum Gasteiger partial charge on any atom is -0.472 e. The molecule has 0 amide bonds. The van der Waals surface area contributed by atoms with Gasteiger partial charge in [-0.2, -0.15) is 4.98 Å². The average molecular weight is 242 g/mol. The van der Waals surface area contributed by atoms with Crippen LogP contribution in [0.1, 0.15) is 32.6 Å². The zero-order chi connectivity index (χ0) is 12.4. The summed E-state index contributed by atoms with van der Waals surface area (Å²) >= 11 is 0. The van der Waals surface area contributed by atoms with Crippen LogP contribution in [0.15, 0.2) is 6.07 Å². The van der Waals surface area contributed by atoms with Crippen molar-refractivity contribution in [1.29, 1.82) is 0 Å². The topological polar surface area (TPSA) is 48.1 Å². The van der Waals surface area contributed by atoms with Crippen LogP contribution in [0.2, 0.25) is 0 Å². The van der Waals surface area contributed by atoms with Crippen molar-refractivity contribution in [3.63, 3.8) is 0 Å². The largest absolute Gasteiger partial charge is 0.472 e. The first-order chi connectivity index (χ1) is 8.06. The molecule has 0 aromatic carbocycles. The van der Waals surface area contributed by atoms with Gasteiger partial charge < -0.3 is 10.5 Å². The fourth-order valence-corrected chi connectivity index (χ4v) is 2.05. The predicted octanol–water partition coefficient (Wildman–Crippen LogP) is 2.90. The summed E-state index contributed by atoms with van der Waals surface area (Å²) in [6.45, 7) is 2.19. The van der Waals surface area contributed by atoms with E-state index in [9.17, 15) is 8.78 Å². The summed E-state index contributed by atoms with van der Waals surface area (Å²) in [5.74, 6) is -1.48. The first-order valence-corrected chi connectivity index (χ1v) is 5.84. The molecule has 1 aliphatic rings. The van der Waals surface area contributed by atoms with Crippen LogP contribution in [0, 0.1) is 17.6 Å². The molecule has 1 heterocycles. The lowest BCUT2D eigenvalue weighted by Gasteiger charge is -2.26. The number of nitrogen functional groups attached to an aromatic ring is 1. The maximum Gasteiger partial charge on any atom is 0.252 e. The van der Waals surface area contributed by atoms with E-state index in [1.54, 1.807) is 0 Å². The van der Waals surface area contributed by atoms with Crippen molar-refractivity contribution in [3.8, 4) is 5.88 Å². The smallest absolute Gasteiger partial charge is 0.252 e. The molecule has 1 fully saturated rings. The van der Waals surface area contributed by atoms with Gasteiger partial charge in [-0.1, -0.05) is 6.92 Å². The standard InChI is InChI=1S/C12H16F2N2O/c1-7-2-4-8(5-3-7)17-12-10(14)6-9(13)11(15)16-12/h6-8H,2-5H2,1H3,(H2,15,16). The number of hydrogen-bond donors (Lipinski definition) is 1. The average Bonchev–Trinajstić information content (AvgIpc) is 2.29. The van der Waals surface area contributed by atoms with Gasteiger partial charge in [0, 0.05) is 6.07 Å². The number of anilines is 1. The zero-order valence-electron chi connectivity index (χ0n) is 9.75. The second kappa shape index (κ2) is 4.85. The second-order valence-corrected chi connectivity index (χ2v) is 4.64. The number of pyridine rings is 1. The molecule has 0 spiro atoms. The first-order valence-electron chi connectivity index (χ1n) is 5.84. The molecule has 17 heavy (non-hydrogen) atoms. The Morgan fingerprint density at radius 2 is 1.88 bits per heavy atom. The fraction of sp³-hybridized carbons (Fsp3) is 0.583. The summed E-state index contributed by atoms with van der Waals surface area (Å²) in [6.07, 6.45) is 3.82. The molecule has 2 rings (SSSR count). The van der Waals surface area contributed by atoms with Gasteiger partial charge in [-0.05, 0) is 31.6 Å². The summed E-state index contributed by atoms with van der Waals surface area (Å²) in [4.78, 5) is 3.59. The lowest BCUT2D eigenvalue weighted by Crippen LogP contribution is -2.24. The SMILES string of the molecule is CC1CCC(Oc2nc(N)c(F)cc2F)CC1. The van der Waals surface area contributed by atoms with Gasteiger partial charge in [0.25, 0.3) is 5.88 Å². The summed E-state index contributed by atoms with van der Waals surface area (Å²) in [5, 5.41) is 0. The Labute approximate surface area is 99.0 Å². The normalized spacial score (nSPS) is 24.6. The van der Waals surface area contributed by atoms with E-state index in [1.807, 2.05) is 0 Å². The van der Waals surface area contributed by atoms with Gasteiger partial charge in [-0.15, -0.1) is 0 Å². The van der Waals surface area contributed by atoms with Crippen LogP contribution in [0.5, 0.6) is 5.88 Å². The van der Waals surface area contributed by atoms with Crippen LogP contribution in [0.4, 0.5) is 14.6 Å². The van der Waals surface area contributed by atoms with Gasteiger partial charge in [-0.25, -0.2) is 8.78 Å². The molecule has 1 aliphatic carbocycles. The van der Waals surface area contributed by atoms with Crippen LogP contribution in [-0.4, -0.2) is 11.1 Å². The predicted molar refractivity (Wildman–Crippen MR) is 60.6 cm³/mol. The molecule has 0 bridgehead atoms. The quantitative estimate of drug-likeness (QED) is 0.867. The maximum absolute atomic E-state index is 13.4. The minimum atomic E-state index is -0.855. The van der Waals surface area contributed by atoms with Crippen molar-refractivity contribution in [2.24, 2.45) is 5.92 Å². The molecule has 0 unspecified atom stereocenters. The Morgan fingerprint density at radius 1 is 1.24 bits per heavy atom. The van der Waals surface area contributed by atoms with Crippen LogP contribution >= 0.6 is 0 Å². The summed E-state index contributed by atoms with van der Waals surface area (Å²) < 4.78 is 31.7. The van der Waals surface area contributed by atoms with Crippen molar-refractivity contribution < 1.29 is 13.5 Å². The molecule has 3 nitrogen and oxygen atoms in total. The highest BCUT2D eigenvalue weighted by Gasteiger charge is 2.22. The molecular formula is C12H16F2N2O. The monoisotopic (exact) mass is 242 g/mol. The molecule has 1 aromatic heterocycles. The number of halogens is 2. The van der Waals surface area contributed by atoms with Gasteiger partial charge in [0.05, 0.1) is 0 Å². The van der Waals surface area contributed by atoms with E-state index in [2.05, 4.69) is 11.9 Å². The number of ether oxygens (including phenoxy) is 1. The summed E-state index contributed by atoms with van der Waals surface area (Å²) in [6, 6.07) is 0.711. The van der Waals surface area contributed by atoms with Gasteiger partial charge >= 0.3 is 0 Å². The second-order valence-electron chi connectivity index (χ2n) is 4.64. The highest BCUT2D eigenvalue weighted by Crippen LogP contribution is 2.28. The fourth-order valence-electron chi connectivity index (χ4n) is 2.05. The van der Waals surface area contributed by atoms with E-state index in [-0.39, 0.29) is 17.8 Å². The zero-order valence-corrected chi connectivity index (χ0v) is 9.75. The molecule has 94 valence electrons. The molecule has 0 aliphatic heterocycles. The molecule has 1 aromatic rings. The third kappa shape index (κ3) is 2.84. The van der Waals surface area contributed by atoms with Gasteiger partial charge in [0.15, 0.2) is 17.5 Å². The Hall–Kier alpha value is -1.39. The van der Waals surface area contributed by atoms with E-state index >= 15 is 0 Å². The van der Waals surface area contributed by atoms with E-state index in [4.69, 9.17) is 10.5 Å². The van der Waals surface area contributed by atoms with E-state index in [1.165, 1.54) is 0 Å². The summed E-state index contributed by atoms with van der Waals surface area (Å²) in [5.41, 5.74) is 5.28. The van der Waals surface area contributed by atoms with E-state index in [0.717, 1.165) is 25.7 Å². The Kier molecular flexibility index (Phi) is 3.45. The number of aromatic nitrogens is 1. The van der Waals surface area contributed by atoms with Gasteiger partial charge in [0.1, 0.15) is 6.10 Å². The number of hydrogen-bond acceptors (Lipinski definition) is 3. The molecule has 5 heteroatoms. The highest BCUT2D eigenvalue weighted by atomic mass is 19.1. The summed E-state index contributed by atoms with van der Waals surface area (Å²) in [7, 11) is 0. The van der Waals surface area contributed by atoms with Crippen molar-refractivity contribution in [2.75, 3.05) is 5.73 Å². The first kappa shape index (κ1) is 12.1. The van der Waals surface area contributed by atoms with E-state index < -0.39 is 11.6 Å². The molecule has 0 saturated heterocycles. The minimum absolute atomic E-state index is 0.0435. The molecular weight excluding hydrogens is 226 g/mol. The number of nitrogens with zero attached hydrogens (tertiary/aromatic N) is 1. The van der Waals surface area contributed by atoms with E-state index in [0.29, 0.717) is 12.0 Å². The number of rotatable bonds is 2. The highest BCUT2D eigenvalue weighted by molar-refractivity contribution is 5.34. The molecule has 1 saturated carbocycles. The maximum atomic E-state index is 13.4. The van der Waals surface area contributed by atoms with Crippen LogP contribution < -0.4 is 10.5 Å². The van der Waals surface area contributed by atoms with Crippen LogP contribution in [0.25, 0.3) is 0 Å². The van der Waals surface area contributed by atoms with Crippen molar-refractivity contribution >= 4 is 5.82 Å². The van der Waals surface area contributed by atoms with Gasteiger partial charge in [-0.3, -0.25) is 0 Å². The third-order valence-corrected chi connectivity index (χ3v) is 3.17. The Morgan fingerprint density at radius 3 is 2.53 bits per heavy atom. The molecule has 2 N–H and O–H groups in total. The Bertz CT molecular complexity index is 404. The molecule has 0 atom stereocenters. The lowest BCUT2D eigenvalue weighted by atomic mass is 9.89. The third-order valence-electron chi connectivity index (χ3n) is 3.17. The lowest BCUT2D eigenvalue weighted by molar-refractivity contribution is 0.124. The van der Waals surface area contributed by atoms with Crippen LogP contribution in [-0.2, 0) is 0 Å². The van der Waals surface area contributed by atoms with Crippen molar-refractivity contribution in [3.05, 3.63) is 17.7 Å². The van der Waals surface area contributed by atoms with Crippen molar-refractivity contribution in [1.82, 2.24) is 4.98 Å². The van der Waals surface area contributed by atoms with Crippen molar-refractivity contribution in [2.45, 2.75) is 38.7 Å². The Balaban J connectivity index is 2.06. The van der Waals surface area contributed by atoms with Gasteiger partial charge in [0.2, 0.25) is 0 Å².